The van der Waals surface area contributed by atoms with Crippen LogP contribution in [0.2, 0.25) is 0 Å². The summed E-state index contributed by atoms with van der Waals surface area (Å²) >= 11 is 0. The van der Waals surface area contributed by atoms with Crippen molar-refractivity contribution in [1.82, 2.24) is 24.6 Å². The second-order valence-corrected chi connectivity index (χ2v) is 6.63. The van der Waals surface area contributed by atoms with Crippen LogP contribution >= 0.6 is 0 Å². The molecule has 0 spiro atoms. The van der Waals surface area contributed by atoms with E-state index in [1.165, 1.54) is 12.8 Å². The lowest BCUT2D eigenvalue weighted by atomic mass is 10.0. The van der Waals surface area contributed by atoms with Crippen molar-refractivity contribution in [2.45, 2.75) is 38.9 Å². The van der Waals surface area contributed by atoms with E-state index in [2.05, 4.69) is 31.8 Å². The summed E-state index contributed by atoms with van der Waals surface area (Å²) in [5.41, 5.74) is 1.09. The molecule has 1 fully saturated rings. The Morgan fingerprint density at radius 2 is 1.79 bits per heavy atom. The molecule has 1 saturated heterocycles. The molecule has 0 N–H and O–H groups in total. The summed E-state index contributed by atoms with van der Waals surface area (Å²) in [5, 5.41) is 8.36. The average Bonchev–Trinajstić information content (AvgIpc) is 3.26. The molecular weight excluding hydrogens is 302 g/mol. The lowest BCUT2D eigenvalue weighted by Gasteiger charge is -2.34. The highest BCUT2D eigenvalue weighted by molar-refractivity contribution is 5.83. The molecule has 2 aliphatic heterocycles. The largest absolute Gasteiger partial charge is 0.332 e. The number of aryl methyl sites for hydroxylation is 1. The third kappa shape index (κ3) is 2.71. The van der Waals surface area contributed by atoms with Crippen molar-refractivity contribution in [2.75, 3.05) is 19.6 Å². The maximum atomic E-state index is 13.3. The SMILES string of the molecule is Cc1nnc2n1CCN(C(=O)[C@@H](c1ccccc1)N1CCCC1)C2. The number of nitrogens with zero attached hydrogens (tertiary/aromatic N) is 5. The monoisotopic (exact) mass is 325 g/mol. The predicted molar refractivity (Wildman–Crippen MR) is 90.2 cm³/mol. The molecule has 1 amide bonds. The molecule has 126 valence electrons. The number of amides is 1. The summed E-state index contributed by atoms with van der Waals surface area (Å²) in [6, 6.07) is 9.99. The fourth-order valence-electron chi connectivity index (χ4n) is 3.81. The van der Waals surface area contributed by atoms with Crippen LogP contribution in [-0.4, -0.2) is 50.1 Å². The zero-order chi connectivity index (χ0) is 16.5. The van der Waals surface area contributed by atoms with Crippen molar-refractivity contribution in [3.8, 4) is 0 Å². The summed E-state index contributed by atoms with van der Waals surface area (Å²) in [6.07, 6.45) is 2.34. The molecule has 0 bridgehead atoms. The fourth-order valence-corrected chi connectivity index (χ4v) is 3.81. The minimum atomic E-state index is -0.177. The zero-order valence-corrected chi connectivity index (χ0v) is 14.1. The van der Waals surface area contributed by atoms with Gasteiger partial charge in [-0.25, -0.2) is 0 Å². The van der Waals surface area contributed by atoms with Crippen LogP contribution in [0.1, 0.15) is 36.1 Å². The van der Waals surface area contributed by atoms with Gasteiger partial charge in [-0.2, -0.15) is 0 Å². The van der Waals surface area contributed by atoms with Crippen LogP contribution in [0.5, 0.6) is 0 Å². The molecule has 0 aliphatic carbocycles. The highest BCUT2D eigenvalue weighted by atomic mass is 16.2. The van der Waals surface area contributed by atoms with Gasteiger partial charge in [-0.15, -0.1) is 10.2 Å². The molecule has 1 aromatic carbocycles. The van der Waals surface area contributed by atoms with E-state index in [9.17, 15) is 4.79 Å². The number of aromatic nitrogens is 3. The van der Waals surface area contributed by atoms with Crippen LogP contribution < -0.4 is 0 Å². The van der Waals surface area contributed by atoms with Gasteiger partial charge in [-0.3, -0.25) is 9.69 Å². The normalized spacial score (nSPS) is 19.3. The summed E-state index contributed by atoms with van der Waals surface area (Å²) in [6.45, 7) is 6.01. The summed E-state index contributed by atoms with van der Waals surface area (Å²) in [5.74, 6) is 2.01. The van der Waals surface area contributed by atoms with Gasteiger partial charge in [0.05, 0.1) is 6.54 Å². The highest BCUT2D eigenvalue weighted by Crippen LogP contribution is 2.28. The third-order valence-electron chi connectivity index (χ3n) is 5.10. The Hall–Kier alpha value is -2.21. The summed E-state index contributed by atoms with van der Waals surface area (Å²) in [7, 11) is 0. The first kappa shape index (κ1) is 15.3. The van der Waals surface area contributed by atoms with Crippen LogP contribution in [0.4, 0.5) is 0 Å². The molecule has 3 heterocycles. The number of carbonyl (C=O) groups is 1. The van der Waals surface area contributed by atoms with E-state index in [1.807, 2.05) is 30.0 Å². The molecule has 0 saturated carbocycles. The Bertz CT molecular complexity index is 720. The molecular formula is C18H23N5O. The van der Waals surface area contributed by atoms with Crippen molar-refractivity contribution >= 4 is 5.91 Å². The van der Waals surface area contributed by atoms with Gasteiger partial charge in [0.2, 0.25) is 5.91 Å². The predicted octanol–water partition coefficient (Wildman–Crippen LogP) is 1.77. The molecule has 6 heteroatoms. The quantitative estimate of drug-likeness (QED) is 0.863. The second kappa shape index (κ2) is 6.36. The maximum absolute atomic E-state index is 13.3. The highest BCUT2D eigenvalue weighted by Gasteiger charge is 2.34. The number of fused-ring (bicyclic) bond motifs is 1. The maximum Gasteiger partial charge on any atom is 0.245 e. The van der Waals surface area contributed by atoms with Crippen molar-refractivity contribution in [3.63, 3.8) is 0 Å². The smallest absolute Gasteiger partial charge is 0.245 e. The first-order chi connectivity index (χ1) is 11.7. The number of hydrogen-bond donors (Lipinski definition) is 0. The molecule has 0 radical (unpaired) electrons. The number of likely N-dealkylation sites (tertiary alicyclic amines) is 1. The Kier molecular flexibility index (Phi) is 4.06. The fraction of sp³-hybridized carbons (Fsp3) is 0.500. The molecule has 1 atom stereocenters. The van der Waals surface area contributed by atoms with Crippen molar-refractivity contribution in [3.05, 3.63) is 47.5 Å². The van der Waals surface area contributed by atoms with E-state index >= 15 is 0 Å². The topological polar surface area (TPSA) is 54.3 Å². The Morgan fingerprint density at radius 3 is 2.54 bits per heavy atom. The molecule has 1 aromatic heterocycles. The zero-order valence-electron chi connectivity index (χ0n) is 14.1. The first-order valence-electron chi connectivity index (χ1n) is 8.70. The molecule has 6 nitrogen and oxygen atoms in total. The van der Waals surface area contributed by atoms with Crippen molar-refractivity contribution < 1.29 is 4.79 Å². The van der Waals surface area contributed by atoms with E-state index in [-0.39, 0.29) is 11.9 Å². The van der Waals surface area contributed by atoms with Gasteiger partial charge in [-0.1, -0.05) is 30.3 Å². The van der Waals surface area contributed by atoms with Crippen LogP contribution in [0.3, 0.4) is 0 Å². The molecule has 4 rings (SSSR count). The standard InChI is InChI=1S/C18H23N5O/c1-14-19-20-16-13-22(11-12-23(14)16)18(24)17(21-9-5-6-10-21)15-7-3-2-4-8-15/h2-4,7-8,17H,5-6,9-13H2,1H3/t17-/m1/s1. The Morgan fingerprint density at radius 1 is 1.04 bits per heavy atom. The van der Waals surface area contributed by atoms with E-state index < -0.39 is 0 Å². The van der Waals surface area contributed by atoms with E-state index in [0.29, 0.717) is 6.54 Å². The van der Waals surface area contributed by atoms with E-state index in [4.69, 9.17) is 0 Å². The lowest BCUT2D eigenvalue weighted by Crippen LogP contribution is -2.45. The third-order valence-corrected chi connectivity index (χ3v) is 5.10. The minimum Gasteiger partial charge on any atom is -0.332 e. The van der Waals surface area contributed by atoms with Crippen LogP contribution in [0.15, 0.2) is 30.3 Å². The van der Waals surface area contributed by atoms with Crippen LogP contribution in [0, 0.1) is 6.92 Å². The van der Waals surface area contributed by atoms with E-state index in [1.54, 1.807) is 0 Å². The molecule has 2 aliphatic rings. The van der Waals surface area contributed by atoms with Crippen molar-refractivity contribution in [2.24, 2.45) is 0 Å². The second-order valence-electron chi connectivity index (χ2n) is 6.63. The van der Waals surface area contributed by atoms with Gasteiger partial charge in [0.1, 0.15) is 11.9 Å². The number of hydrogen-bond acceptors (Lipinski definition) is 4. The van der Waals surface area contributed by atoms with Crippen LogP contribution in [0.25, 0.3) is 0 Å². The van der Waals surface area contributed by atoms with Gasteiger partial charge in [-0.05, 0) is 38.4 Å². The number of carbonyl (C=O) groups excluding carboxylic acids is 1. The Balaban J connectivity index is 1.60. The van der Waals surface area contributed by atoms with Gasteiger partial charge >= 0.3 is 0 Å². The van der Waals surface area contributed by atoms with Crippen molar-refractivity contribution in [1.29, 1.82) is 0 Å². The minimum absolute atomic E-state index is 0.177. The van der Waals surface area contributed by atoms with Gasteiger partial charge in [0, 0.05) is 13.1 Å². The molecule has 0 unspecified atom stereocenters. The number of benzene rings is 1. The lowest BCUT2D eigenvalue weighted by molar-refractivity contribution is -0.138. The molecule has 2 aromatic rings. The van der Waals surface area contributed by atoms with Crippen LogP contribution in [-0.2, 0) is 17.9 Å². The summed E-state index contributed by atoms with van der Waals surface area (Å²) in [4.78, 5) is 17.6. The van der Waals surface area contributed by atoms with Gasteiger partial charge in [0.15, 0.2) is 5.82 Å². The number of rotatable bonds is 3. The Labute approximate surface area is 142 Å². The summed E-state index contributed by atoms with van der Waals surface area (Å²) < 4.78 is 2.11. The molecule has 24 heavy (non-hydrogen) atoms. The van der Waals surface area contributed by atoms with Gasteiger partial charge in [0.25, 0.3) is 0 Å². The average molecular weight is 325 g/mol. The van der Waals surface area contributed by atoms with E-state index in [0.717, 1.165) is 43.4 Å². The first-order valence-corrected chi connectivity index (χ1v) is 8.70. The van der Waals surface area contributed by atoms with Gasteiger partial charge < -0.3 is 9.47 Å².